The summed E-state index contributed by atoms with van der Waals surface area (Å²) in [7, 11) is 4.10. The van der Waals surface area contributed by atoms with Crippen LogP contribution in [0.2, 0.25) is 0 Å². The molecule has 19 N–H and O–H groups in total. The van der Waals surface area contributed by atoms with Crippen molar-refractivity contribution < 1.29 is 52.6 Å². The van der Waals surface area contributed by atoms with Crippen molar-refractivity contribution in [3.63, 3.8) is 0 Å². The molecule has 0 aliphatic rings. The topological polar surface area (TPSA) is 405 Å². The van der Waals surface area contributed by atoms with E-state index < -0.39 is 71.4 Å². The summed E-state index contributed by atoms with van der Waals surface area (Å²) in [5.41, 5.74) is 35.5. The van der Waals surface area contributed by atoms with Gasteiger partial charge in [-0.1, -0.05) is 31.7 Å². The van der Waals surface area contributed by atoms with Gasteiger partial charge in [-0.15, -0.1) is 0 Å². The molecule has 4 aromatic rings. The highest BCUT2D eigenvalue weighted by Gasteiger charge is 2.28. The third kappa shape index (κ3) is 21.1. The molecule has 81 heavy (non-hydrogen) atoms. The van der Waals surface area contributed by atoms with Crippen LogP contribution in [-0.2, 0) is 19.2 Å². The van der Waals surface area contributed by atoms with Gasteiger partial charge in [0.05, 0.1) is 44.1 Å². The van der Waals surface area contributed by atoms with E-state index in [0.717, 1.165) is 19.3 Å². The molecule has 0 unspecified atom stereocenters. The van der Waals surface area contributed by atoms with Crippen molar-refractivity contribution in [1.82, 2.24) is 16.0 Å². The lowest BCUT2D eigenvalue weighted by Crippen LogP contribution is -2.44. The highest BCUT2D eigenvalue weighted by molar-refractivity contribution is 6.07. The monoisotopic (exact) mass is 1120 g/mol. The van der Waals surface area contributed by atoms with Gasteiger partial charge in [0.1, 0.15) is 35.4 Å². The van der Waals surface area contributed by atoms with Crippen LogP contribution in [0.5, 0.6) is 17.2 Å². The molecule has 24 heteroatoms. The van der Waals surface area contributed by atoms with Crippen LogP contribution in [0.3, 0.4) is 0 Å². The Morgan fingerprint density at radius 3 is 1.07 bits per heavy atom. The largest absolute Gasteiger partial charge is 0.496 e. The van der Waals surface area contributed by atoms with E-state index in [-0.39, 0.29) is 75.8 Å². The number of carbonyl (C=O) groups is 8. The zero-order valence-electron chi connectivity index (χ0n) is 46.5. The summed E-state index contributed by atoms with van der Waals surface area (Å²) in [5, 5.41) is 19.4. The quantitative estimate of drug-likeness (QED) is 0.0289. The first-order chi connectivity index (χ1) is 39.0. The van der Waals surface area contributed by atoms with Gasteiger partial charge in [-0.05, 0) is 163 Å². The number of carbonyl (C=O) groups excluding carboxylic acids is 8. The van der Waals surface area contributed by atoms with Crippen LogP contribution in [0.15, 0.2) is 78.9 Å². The zero-order valence-corrected chi connectivity index (χ0v) is 46.5. The molecule has 0 aromatic heterocycles. The number of ether oxygens (including phenoxy) is 3. The van der Waals surface area contributed by atoms with Gasteiger partial charge in [0.25, 0.3) is 17.7 Å². The number of rotatable bonds is 36. The Bertz CT molecular complexity index is 2760. The minimum atomic E-state index is -1.16. The number of hydrogen-bond donors (Lipinski definition) is 13. The molecule has 0 saturated carbocycles. The van der Waals surface area contributed by atoms with E-state index in [4.69, 9.17) is 48.6 Å². The normalized spacial score (nSPS) is 12.3. The fourth-order valence-electron chi connectivity index (χ4n) is 8.55. The molecule has 0 bridgehead atoms. The van der Waals surface area contributed by atoms with Crippen LogP contribution < -0.4 is 85.8 Å². The van der Waals surface area contributed by atoms with E-state index in [9.17, 15) is 38.4 Å². The molecule has 440 valence electrons. The van der Waals surface area contributed by atoms with Gasteiger partial charge in [-0.3, -0.25) is 38.4 Å². The highest BCUT2D eigenvalue weighted by atomic mass is 16.5. The molecule has 4 aromatic carbocycles. The van der Waals surface area contributed by atoms with Crippen molar-refractivity contribution in [2.75, 3.05) is 68.8 Å². The van der Waals surface area contributed by atoms with Gasteiger partial charge in [0, 0.05) is 28.3 Å². The Kier molecular flexibility index (Phi) is 28.0. The Balaban J connectivity index is 1.55. The first-order valence-electron chi connectivity index (χ1n) is 27.2. The second-order valence-electron chi connectivity index (χ2n) is 19.2. The maximum atomic E-state index is 14.3. The van der Waals surface area contributed by atoms with Crippen molar-refractivity contribution in [2.24, 2.45) is 34.4 Å². The summed E-state index contributed by atoms with van der Waals surface area (Å²) in [6, 6.07) is 15.2. The summed E-state index contributed by atoms with van der Waals surface area (Å²) >= 11 is 0. The van der Waals surface area contributed by atoms with E-state index in [1.807, 2.05) is 0 Å². The smallest absolute Gasteiger partial charge is 0.255 e. The number of unbranched alkanes of at least 4 members (excludes halogenated alkanes) is 6. The maximum Gasteiger partial charge on any atom is 0.255 e. The van der Waals surface area contributed by atoms with Crippen molar-refractivity contribution in [3.8, 4) is 17.2 Å². The number of methoxy groups -OCH3 is 3. The van der Waals surface area contributed by atoms with Crippen molar-refractivity contribution in [3.05, 3.63) is 101 Å². The van der Waals surface area contributed by atoms with E-state index in [2.05, 4.69) is 37.2 Å². The van der Waals surface area contributed by atoms with Gasteiger partial charge in [0.15, 0.2) is 0 Å². The lowest BCUT2D eigenvalue weighted by Gasteiger charge is -2.22. The number of amides is 8. The average Bonchev–Trinajstić information content (AvgIpc) is 3.46. The predicted molar refractivity (Wildman–Crippen MR) is 311 cm³/mol. The van der Waals surface area contributed by atoms with E-state index in [0.29, 0.717) is 83.2 Å². The second-order valence-corrected chi connectivity index (χ2v) is 19.2. The lowest BCUT2D eigenvalue weighted by atomic mass is 10.0. The minimum absolute atomic E-state index is 0.0202. The first kappa shape index (κ1) is 65.4. The van der Waals surface area contributed by atoms with Gasteiger partial charge in [0.2, 0.25) is 29.5 Å². The third-order valence-electron chi connectivity index (χ3n) is 13.1. The number of benzene rings is 4. The Morgan fingerprint density at radius 2 is 0.728 bits per heavy atom. The van der Waals surface area contributed by atoms with Crippen molar-refractivity contribution in [2.45, 2.75) is 114 Å². The molecule has 0 fully saturated rings. The molecule has 0 aliphatic carbocycles. The molecule has 0 saturated heterocycles. The van der Waals surface area contributed by atoms with Crippen LogP contribution in [0, 0.1) is 0 Å². The molecule has 0 heterocycles. The van der Waals surface area contributed by atoms with E-state index in [1.165, 1.54) is 82.0 Å². The molecule has 0 radical (unpaired) electrons. The second kappa shape index (κ2) is 34.8. The van der Waals surface area contributed by atoms with Gasteiger partial charge in [-0.25, -0.2) is 0 Å². The highest BCUT2D eigenvalue weighted by Crippen LogP contribution is 2.27. The fourth-order valence-corrected chi connectivity index (χ4v) is 8.55. The Hall–Kier alpha value is -8.16. The predicted octanol–water partition coefficient (Wildman–Crippen LogP) is 3.58. The minimum Gasteiger partial charge on any atom is -0.496 e. The standard InChI is InChI=1S/C57H81N13O11/c1-79-47-24-21-37(64-54(75)43(62)17-6-4-10-27-58)32-40(47)51(72)68-44(18-7-5-11-28-59)56(77)66-38-22-25-49(81-3)42(33-38)53(74)70-46(20-9-13-30-61)57(78)67-39-23-26-48(80-2)41(34-39)52(73)69-45(19-8-12-29-60)55(76)65-36-16-14-15-35(31-36)50(63)71/h14-16,21-26,31-34,43-46H,4-13,17-20,27-30,58-62H2,1-3H3,(H2,63,71)(H,64,75)(H,65,76)(H,66,77)(H,67,78)(H,68,72)(H,69,73)(H,70,74)/t43-,44-,45-,46-/m0/s1. The molecule has 4 atom stereocenters. The van der Waals surface area contributed by atoms with Gasteiger partial charge >= 0.3 is 0 Å². The summed E-state index contributed by atoms with van der Waals surface area (Å²) in [4.78, 5) is 109. The lowest BCUT2D eigenvalue weighted by molar-refractivity contribution is -0.118. The zero-order chi connectivity index (χ0) is 59.3. The maximum absolute atomic E-state index is 14.3. The van der Waals surface area contributed by atoms with Crippen molar-refractivity contribution in [1.29, 1.82) is 0 Å². The van der Waals surface area contributed by atoms with Gasteiger partial charge in [-0.2, -0.15) is 0 Å². The van der Waals surface area contributed by atoms with Gasteiger partial charge < -0.3 is 85.8 Å². The summed E-state index contributed by atoms with van der Waals surface area (Å²) in [6.07, 6.45) is 7.31. The average molecular weight is 1120 g/mol. The summed E-state index contributed by atoms with van der Waals surface area (Å²) < 4.78 is 16.5. The van der Waals surface area contributed by atoms with Crippen molar-refractivity contribution >= 4 is 70.0 Å². The molecule has 0 spiro atoms. The SMILES string of the molecule is COc1ccc(NC(=O)[C@H](CCCCN)NC(=O)c2cc(NC(=O)[C@H](CCCCCN)NC(=O)c3cc(NC(=O)[C@@H](N)CCCCCN)ccc3OC)ccc2OC)cc1C(=O)N[C@@H](CCCCN)C(=O)Nc1cccc(C(N)=O)c1. The molecular weight excluding hydrogens is 1040 g/mol. The molecule has 24 nitrogen and oxygen atoms in total. The van der Waals surface area contributed by atoms with E-state index >= 15 is 0 Å². The fraction of sp³-hybridized carbons (Fsp3) is 0.439. The first-order valence-corrected chi connectivity index (χ1v) is 27.2. The molecule has 4 rings (SSSR count). The molecule has 8 amide bonds. The van der Waals surface area contributed by atoms with Crippen LogP contribution in [0.4, 0.5) is 22.7 Å². The molecular formula is C57H81N13O11. The summed E-state index contributed by atoms with van der Waals surface area (Å²) in [6.45, 7) is 1.66. The number of hydrogen-bond acceptors (Lipinski definition) is 16. The van der Waals surface area contributed by atoms with E-state index in [1.54, 1.807) is 18.2 Å². The number of nitrogens with one attached hydrogen (secondary N) is 7. The third-order valence-corrected chi connectivity index (χ3v) is 13.1. The summed E-state index contributed by atoms with van der Waals surface area (Å²) in [5.74, 6) is -4.60. The van der Waals surface area contributed by atoms with Crippen LogP contribution in [-0.4, -0.2) is 119 Å². The number of primary amides is 1. The molecule has 0 aliphatic heterocycles. The van der Waals surface area contributed by atoms with Crippen LogP contribution in [0.25, 0.3) is 0 Å². The number of nitrogens with two attached hydrogens (primary N) is 6. The Labute approximate surface area is 472 Å². The van der Waals surface area contributed by atoms with Crippen LogP contribution >= 0.6 is 0 Å². The van der Waals surface area contributed by atoms with Crippen LogP contribution in [0.1, 0.15) is 131 Å². The Morgan fingerprint density at radius 1 is 0.407 bits per heavy atom. The number of anilines is 4.